The van der Waals surface area contributed by atoms with Gasteiger partial charge in [-0.3, -0.25) is 0 Å². The van der Waals surface area contributed by atoms with Gasteiger partial charge < -0.3 is 4.90 Å². The summed E-state index contributed by atoms with van der Waals surface area (Å²) in [4.78, 5) is 6.19. The third-order valence-corrected chi connectivity index (χ3v) is 3.21. The Morgan fingerprint density at radius 2 is 1.80 bits per heavy atom. The Balaban J connectivity index is 2.54. The molecule has 0 saturated carbocycles. The largest absolute Gasteiger partial charge is 0.389 e. The van der Waals surface area contributed by atoms with E-state index in [1.54, 1.807) is 6.20 Å². The Morgan fingerprint density at radius 1 is 1.15 bits per heavy atom. The molecule has 0 spiro atoms. The molecule has 1 rings (SSSR count). The first-order valence-electron chi connectivity index (χ1n) is 6.84. The van der Waals surface area contributed by atoms with Gasteiger partial charge in [0, 0.05) is 26.2 Å². The standard InChI is InChI=1S/C15H23F3N2/c1-14(2,3)12-7-9-19-13(11-12)20(4)10-6-5-8-15(16,17)18/h7,9,11H,5-6,8,10H2,1-4H3. The molecule has 0 aliphatic carbocycles. The summed E-state index contributed by atoms with van der Waals surface area (Å²) < 4.78 is 36.2. The number of hydrogen-bond acceptors (Lipinski definition) is 2. The lowest BCUT2D eigenvalue weighted by Gasteiger charge is -2.23. The van der Waals surface area contributed by atoms with Crippen molar-refractivity contribution >= 4 is 5.82 Å². The topological polar surface area (TPSA) is 16.1 Å². The van der Waals surface area contributed by atoms with Gasteiger partial charge in [0.2, 0.25) is 0 Å². The second-order valence-corrected chi connectivity index (χ2v) is 6.15. The van der Waals surface area contributed by atoms with Crippen molar-refractivity contribution in [1.29, 1.82) is 0 Å². The van der Waals surface area contributed by atoms with Gasteiger partial charge in [0.25, 0.3) is 0 Å². The molecule has 114 valence electrons. The molecule has 0 fully saturated rings. The summed E-state index contributed by atoms with van der Waals surface area (Å²) >= 11 is 0. The van der Waals surface area contributed by atoms with E-state index < -0.39 is 12.6 Å². The monoisotopic (exact) mass is 288 g/mol. The van der Waals surface area contributed by atoms with Crippen LogP contribution in [0, 0.1) is 0 Å². The third kappa shape index (κ3) is 5.80. The predicted molar refractivity (Wildman–Crippen MR) is 76.1 cm³/mol. The zero-order chi connectivity index (χ0) is 15.4. The van der Waals surface area contributed by atoms with Gasteiger partial charge in [0.1, 0.15) is 5.82 Å². The normalized spacial score (nSPS) is 12.6. The minimum atomic E-state index is -4.05. The molecule has 0 N–H and O–H groups in total. The molecule has 1 heterocycles. The van der Waals surface area contributed by atoms with Crippen LogP contribution in [0.15, 0.2) is 18.3 Å². The van der Waals surface area contributed by atoms with Gasteiger partial charge in [-0.05, 0) is 36.0 Å². The average Bonchev–Trinajstić information content (AvgIpc) is 2.32. The van der Waals surface area contributed by atoms with Crippen LogP contribution >= 0.6 is 0 Å². The van der Waals surface area contributed by atoms with E-state index in [1.165, 1.54) is 5.56 Å². The molecule has 0 aliphatic heterocycles. The van der Waals surface area contributed by atoms with E-state index in [-0.39, 0.29) is 11.8 Å². The summed E-state index contributed by atoms with van der Waals surface area (Å²) in [7, 11) is 1.86. The highest BCUT2D eigenvalue weighted by Crippen LogP contribution is 2.25. The van der Waals surface area contributed by atoms with E-state index in [0.717, 1.165) is 5.82 Å². The third-order valence-electron chi connectivity index (χ3n) is 3.21. The number of halogens is 3. The molecule has 1 aromatic heterocycles. The molecule has 0 aromatic carbocycles. The van der Waals surface area contributed by atoms with Crippen LogP contribution in [0.25, 0.3) is 0 Å². The van der Waals surface area contributed by atoms with Crippen LogP contribution in [0.3, 0.4) is 0 Å². The highest BCUT2D eigenvalue weighted by molar-refractivity contribution is 5.41. The van der Waals surface area contributed by atoms with Crippen LogP contribution in [0.2, 0.25) is 0 Å². The molecule has 20 heavy (non-hydrogen) atoms. The van der Waals surface area contributed by atoms with Crippen molar-refractivity contribution in [3.8, 4) is 0 Å². The summed E-state index contributed by atoms with van der Waals surface area (Å²) in [6, 6.07) is 3.98. The summed E-state index contributed by atoms with van der Waals surface area (Å²) in [5, 5.41) is 0. The summed E-state index contributed by atoms with van der Waals surface area (Å²) in [6.07, 6.45) is -2.34. The Bertz CT molecular complexity index is 422. The first kappa shape index (κ1) is 16.8. The maximum absolute atomic E-state index is 12.1. The van der Waals surface area contributed by atoms with E-state index in [9.17, 15) is 13.2 Å². The van der Waals surface area contributed by atoms with Crippen molar-refractivity contribution < 1.29 is 13.2 Å². The highest BCUT2D eigenvalue weighted by Gasteiger charge is 2.25. The first-order valence-corrected chi connectivity index (χ1v) is 6.84. The number of anilines is 1. The van der Waals surface area contributed by atoms with Crippen LogP contribution in [0.1, 0.15) is 45.6 Å². The number of aromatic nitrogens is 1. The smallest absolute Gasteiger partial charge is 0.360 e. The lowest BCUT2D eigenvalue weighted by molar-refractivity contribution is -0.135. The molecule has 0 amide bonds. The van der Waals surface area contributed by atoms with Crippen LogP contribution in [-0.4, -0.2) is 24.8 Å². The van der Waals surface area contributed by atoms with E-state index in [4.69, 9.17) is 0 Å². The molecule has 0 saturated heterocycles. The van der Waals surface area contributed by atoms with Gasteiger partial charge in [0.15, 0.2) is 0 Å². The fourth-order valence-corrected chi connectivity index (χ4v) is 1.88. The number of pyridine rings is 1. The van der Waals surface area contributed by atoms with E-state index in [2.05, 4.69) is 25.8 Å². The SMILES string of the molecule is CN(CCCCC(F)(F)F)c1cc(C(C)(C)C)ccn1. The van der Waals surface area contributed by atoms with Crippen LogP contribution in [0.5, 0.6) is 0 Å². The van der Waals surface area contributed by atoms with Crippen molar-refractivity contribution in [3.63, 3.8) is 0 Å². The Kier molecular flexibility index (Phi) is 5.42. The maximum Gasteiger partial charge on any atom is 0.389 e. The number of alkyl halides is 3. The number of unbranched alkanes of at least 4 members (excludes halogenated alkanes) is 1. The number of hydrogen-bond donors (Lipinski definition) is 0. The van der Waals surface area contributed by atoms with Crippen molar-refractivity contribution in [2.75, 3.05) is 18.5 Å². The van der Waals surface area contributed by atoms with Gasteiger partial charge in [0.05, 0.1) is 0 Å². The van der Waals surface area contributed by atoms with Crippen LogP contribution in [-0.2, 0) is 5.41 Å². The van der Waals surface area contributed by atoms with Crippen molar-refractivity contribution in [3.05, 3.63) is 23.9 Å². The molecule has 0 aliphatic rings. The number of rotatable bonds is 5. The fraction of sp³-hybridized carbons (Fsp3) is 0.667. The number of nitrogens with zero attached hydrogens (tertiary/aromatic N) is 2. The molecule has 0 bridgehead atoms. The Morgan fingerprint density at radius 3 is 2.35 bits per heavy atom. The zero-order valence-electron chi connectivity index (χ0n) is 12.6. The summed E-state index contributed by atoms with van der Waals surface area (Å²) in [5.74, 6) is 0.810. The van der Waals surface area contributed by atoms with Crippen molar-refractivity contribution in [2.45, 2.75) is 51.6 Å². The lowest BCUT2D eigenvalue weighted by Crippen LogP contribution is -2.21. The minimum absolute atomic E-state index is 0.0365. The van der Waals surface area contributed by atoms with E-state index >= 15 is 0 Å². The summed E-state index contributed by atoms with van der Waals surface area (Å²) in [5.41, 5.74) is 1.21. The first-order chi connectivity index (χ1) is 9.09. The molecule has 0 atom stereocenters. The molecule has 5 heteroatoms. The molecule has 0 radical (unpaired) electrons. The zero-order valence-corrected chi connectivity index (χ0v) is 12.6. The van der Waals surface area contributed by atoms with Gasteiger partial charge in [-0.1, -0.05) is 20.8 Å². The molecule has 0 unspecified atom stereocenters. The Hall–Kier alpha value is -1.26. The van der Waals surface area contributed by atoms with E-state index in [0.29, 0.717) is 13.0 Å². The van der Waals surface area contributed by atoms with Crippen molar-refractivity contribution in [1.82, 2.24) is 4.98 Å². The van der Waals surface area contributed by atoms with Crippen molar-refractivity contribution in [2.24, 2.45) is 0 Å². The summed E-state index contributed by atoms with van der Waals surface area (Å²) in [6.45, 7) is 6.94. The molecule has 1 aromatic rings. The fourth-order valence-electron chi connectivity index (χ4n) is 1.88. The second kappa shape index (κ2) is 6.46. The van der Waals surface area contributed by atoms with Gasteiger partial charge in [-0.2, -0.15) is 13.2 Å². The minimum Gasteiger partial charge on any atom is -0.360 e. The highest BCUT2D eigenvalue weighted by atomic mass is 19.4. The van der Waals surface area contributed by atoms with Gasteiger partial charge >= 0.3 is 6.18 Å². The molecule has 2 nitrogen and oxygen atoms in total. The van der Waals surface area contributed by atoms with Gasteiger partial charge in [-0.25, -0.2) is 4.98 Å². The second-order valence-electron chi connectivity index (χ2n) is 6.15. The Labute approximate surface area is 119 Å². The average molecular weight is 288 g/mol. The van der Waals surface area contributed by atoms with Gasteiger partial charge in [-0.15, -0.1) is 0 Å². The van der Waals surface area contributed by atoms with E-state index in [1.807, 2.05) is 24.1 Å². The maximum atomic E-state index is 12.1. The van der Waals surface area contributed by atoms with Crippen LogP contribution in [0.4, 0.5) is 19.0 Å². The van der Waals surface area contributed by atoms with Crippen LogP contribution < -0.4 is 4.90 Å². The lowest BCUT2D eigenvalue weighted by atomic mass is 9.88. The predicted octanol–water partition coefficient (Wildman–Crippen LogP) is 4.55. The quantitative estimate of drug-likeness (QED) is 0.739. The molecular weight excluding hydrogens is 265 g/mol. The molecular formula is C15H23F3N2.